The van der Waals surface area contributed by atoms with Crippen molar-refractivity contribution in [1.29, 1.82) is 0 Å². The predicted octanol–water partition coefficient (Wildman–Crippen LogP) is 1.79. The first kappa shape index (κ1) is 15.2. The number of hydrogen-bond acceptors (Lipinski definition) is 4. The standard InChI is InChI=1S/C11H24O3S/c1-4-10(2)8-15-9-11(12)7-14-6-5-13-3/h10-12H,4-9H2,1-3H3. The Morgan fingerprint density at radius 2 is 2.00 bits per heavy atom. The largest absolute Gasteiger partial charge is 0.390 e. The van der Waals surface area contributed by atoms with Crippen molar-refractivity contribution in [2.24, 2.45) is 5.92 Å². The van der Waals surface area contributed by atoms with Gasteiger partial charge in [0, 0.05) is 12.9 Å². The van der Waals surface area contributed by atoms with Gasteiger partial charge >= 0.3 is 0 Å². The van der Waals surface area contributed by atoms with Gasteiger partial charge in [0.15, 0.2) is 0 Å². The van der Waals surface area contributed by atoms with Gasteiger partial charge in [0.1, 0.15) is 0 Å². The highest BCUT2D eigenvalue weighted by Gasteiger charge is 2.05. The lowest BCUT2D eigenvalue weighted by molar-refractivity contribution is 0.0218. The highest BCUT2D eigenvalue weighted by atomic mass is 32.2. The van der Waals surface area contributed by atoms with Crippen LogP contribution in [0.3, 0.4) is 0 Å². The van der Waals surface area contributed by atoms with Crippen molar-refractivity contribution in [3.63, 3.8) is 0 Å². The first-order valence-electron chi connectivity index (χ1n) is 5.53. The topological polar surface area (TPSA) is 38.7 Å². The molecule has 4 heteroatoms. The molecule has 0 aliphatic carbocycles. The molecule has 0 saturated carbocycles. The first-order valence-corrected chi connectivity index (χ1v) is 6.68. The second-order valence-electron chi connectivity index (χ2n) is 3.77. The maximum atomic E-state index is 9.55. The molecular formula is C11H24O3S. The number of hydrogen-bond donors (Lipinski definition) is 1. The summed E-state index contributed by atoms with van der Waals surface area (Å²) in [6, 6.07) is 0. The van der Waals surface area contributed by atoms with E-state index in [4.69, 9.17) is 9.47 Å². The van der Waals surface area contributed by atoms with Gasteiger partial charge in [-0.2, -0.15) is 11.8 Å². The van der Waals surface area contributed by atoms with Crippen molar-refractivity contribution in [2.45, 2.75) is 26.4 Å². The Bertz CT molecular complexity index is 133. The van der Waals surface area contributed by atoms with Gasteiger partial charge in [-0.25, -0.2) is 0 Å². The van der Waals surface area contributed by atoms with Gasteiger partial charge in [-0.1, -0.05) is 20.3 Å². The van der Waals surface area contributed by atoms with Crippen LogP contribution in [-0.4, -0.2) is 49.6 Å². The Morgan fingerprint density at radius 3 is 2.60 bits per heavy atom. The molecule has 1 N–H and O–H groups in total. The SMILES string of the molecule is CCC(C)CSCC(O)COCCOC. The molecule has 2 unspecified atom stereocenters. The number of thioether (sulfide) groups is 1. The molecule has 0 rings (SSSR count). The second-order valence-corrected chi connectivity index (χ2v) is 4.85. The monoisotopic (exact) mass is 236 g/mol. The van der Waals surface area contributed by atoms with Crippen molar-refractivity contribution >= 4 is 11.8 Å². The molecule has 0 aromatic rings. The molecule has 0 heterocycles. The van der Waals surface area contributed by atoms with Gasteiger partial charge < -0.3 is 14.6 Å². The Kier molecular flexibility index (Phi) is 10.9. The van der Waals surface area contributed by atoms with Crippen LogP contribution in [0, 0.1) is 5.92 Å². The molecule has 3 nitrogen and oxygen atoms in total. The van der Waals surface area contributed by atoms with Gasteiger partial charge in [-0.3, -0.25) is 0 Å². The normalized spacial score (nSPS) is 15.2. The summed E-state index contributed by atoms with van der Waals surface area (Å²) in [7, 11) is 1.64. The molecule has 0 spiro atoms. The van der Waals surface area contributed by atoms with Crippen LogP contribution in [0.25, 0.3) is 0 Å². The third-order valence-corrected chi connectivity index (χ3v) is 3.58. The van der Waals surface area contributed by atoms with Crippen LogP contribution in [0.4, 0.5) is 0 Å². The third-order valence-electron chi connectivity index (χ3n) is 2.15. The minimum absolute atomic E-state index is 0.351. The van der Waals surface area contributed by atoms with Crippen molar-refractivity contribution < 1.29 is 14.6 Å². The van der Waals surface area contributed by atoms with Crippen LogP contribution < -0.4 is 0 Å². The molecule has 15 heavy (non-hydrogen) atoms. The Labute approximate surface area is 97.5 Å². The van der Waals surface area contributed by atoms with E-state index in [9.17, 15) is 5.11 Å². The second kappa shape index (κ2) is 10.7. The quantitative estimate of drug-likeness (QED) is 0.587. The fraction of sp³-hybridized carbons (Fsp3) is 1.00. The van der Waals surface area contributed by atoms with Gasteiger partial charge in [-0.15, -0.1) is 0 Å². The van der Waals surface area contributed by atoms with E-state index in [1.165, 1.54) is 6.42 Å². The number of ether oxygens (including phenoxy) is 2. The molecule has 2 atom stereocenters. The summed E-state index contributed by atoms with van der Waals surface area (Å²) in [5.41, 5.74) is 0. The lowest BCUT2D eigenvalue weighted by atomic mass is 10.2. The molecule has 0 saturated heterocycles. The molecule has 0 aromatic carbocycles. The molecular weight excluding hydrogens is 212 g/mol. The highest BCUT2D eigenvalue weighted by Crippen LogP contribution is 2.12. The fourth-order valence-corrected chi connectivity index (χ4v) is 2.08. The summed E-state index contributed by atoms with van der Waals surface area (Å²) in [4.78, 5) is 0. The zero-order valence-electron chi connectivity index (χ0n) is 10.1. The molecule has 0 aliphatic heterocycles. The molecule has 0 aliphatic rings. The molecule has 92 valence electrons. The summed E-state index contributed by atoms with van der Waals surface area (Å²) in [5, 5.41) is 9.55. The number of methoxy groups -OCH3 is 1. The molecule has 0 fully saturated rings. The summed E-state index contributed by atoms with van der Waals surface area (Å²) in [5.74, 6) is 2.61. The van der Waals surface area contributed by atoms with E-state index in [1.54, 1.807) is 18.9 Å². The van der Waals surface area contributed by atoms with Gasteiger partial charge in [-0.05, 0) is 11.7 Å². The van der Waals surface area contributed by atoms with Gasteiger partial charge in [0.05, 0.1) is 25.9 Å². The summed E-state index contributed by atoms with van der Waals surface area (Å²) < 4.78 is 10.1. The van der Waals surface area contributed by atoms with Crippen LogP contribution in [-0.2, 0) is 9.47 Å². The molecule has 0 radical (unpaired) electrons. The van der Waals surface area contributed by atoms with Gasteiger partial charge in [0.25, 0.3) is 0 Å². The maximum Gasteiger partial charge on any atom is 0.0863 e. The minimum atomic E-state index is -0.351. The predicted molar refractivity (Wildman–Crippen MR) is 65.5 cm³/mol. The Hall–Kier alpha value is 0.230. The van der Waals surface area contributed by atoms with Crippen LogP contribution in [0.1, 0.15) is 20.3 Å². The van der Waals surface area contributed by atoms with Crippen LogP contribution >= 0.6 is 11.8 Å². The minimum Gasteiger partial charge on any atom is -0.390 e. The maximum absolute atomic E-state index is 9.55. The smallest absolute Gasteiger partial charge is 0.0863 e. The summed E-state index contributed by atoms with van der Waals surface area (Å²) in [6.45, 7) is 5.98. The van der Waals surface area contributed by atoms with Crippen molar-refractivity contribution in [2.75, 3.05) is 38.4 Å². The highest BCUT2D eigenvalue weighted by molar-refractivity contribution is 7.99. The van der Waals surface area contributed by atoms with Crippen molar-refractivity contribution in [3.05, 3.63) is 0 Å². The van der Waals surface area contributed by atoms with E-state index in [-0.39, 0.29) is 6.10 Å². The number of aliphatic hydroxyl groups excluding tert-OH is 1. The van der Waals surface area contributed by atoms with E-state index in [1.807, 2.05) is 0 Å². The molecule has 0 aromatic heterocycles. The van der Waals surface area contributed by atoms with Crippen LogP contribution in [0.2, 0.25) is 0 Å². The summed E-state index contributed by atoms with van der Waals surface area (Å²) in [6.07, 6.45) is 0.851. The zero-order chi connectivity index (χ0) is 11.5. The van der Waals surface area contributed by atoms with E-state index in [0.717, 1.165) is 17.4 Å². The van der Waals surface area contributed by atoms with Crippen molar-refractivity contribution in [3.8, 4) is 0 Å². The van der Waals surface area contributed by atoms with Crippen LogP contribution in [0.5, 0.6) is 0 Å². The average molecular weight is 236 g/mol. The Morgan fingerprint density at radius 1 is 1.27 bits per heavy atom. The van der Waals surface area contributed by atoms with Gasteiger partial charge in [0.2, 0.25) is 0 Å². The number of rotatable bonds is 10. The van der Waals surface area contributed by atoms with E-state index in [2.05, 4.69) is 13.8 Å². The van der Waals surface area contributed by atoms with E-state index >= 15 is 0 Å². The summed E-state index contributed by atoms with van der Waals surface area (Å²) >= 11 is 1.80. The lowest BCUT2D eigenvalue weighted by Gasteiger charge is -2.12. The number of aliphatic hydroxyl groups is 1. The molecule has 0 bridgehead atoms. The van der Waals surface area contributed by atoms with Crippen molar-refractivity contribution in [1.82, 2.24) is 0 Å². The van der Waals surface area contributed by atoms with Crippen LogP contribution in [0.15, 0.2) is 0 Å². The Balaban J connectivity index is 3.21. The molecule has 0 amide bonds. The fourth-order valence-electron chi connectivity index (χ4n) is 0.933. The van der Waals surface area contributed by atoms with E-state index in [0.29, 0.717) is 19.8 Å². The van der Waals surface area contributed by atoms with E-state index < -0.39 is 0 Å². The first-order chi connectivity index (χ1) is 7.20. The average Bonchev–Trinajstić information content (AvgIpc) is 2.24. The third kappa shape index (κ3) is 10.5. The zero-order valence-corrected chi connectivity index (χ0v) is 10.9. The lowest BCUT2D eigenvalue weighted by Crippen LogP contribution is -2.20.